The molecule has 1 aliphatic heterocycles. The van der Waals surface area contributed by atoms with Gasteiger partial charge in [0.05, 0.1) is 16.4 Å². The molecule has 0 bridgehead atoms. The number of aromatic nitrogens is 1. The van der Waals surface area contributed by atoms with Gasteiger partial charge in [-0.25, -0.2) is 0 Å². The van der Waals surface area contributed by atoms with Crippen molar-refractivity contribution in [2.45, 2.75) is 90.5 Å². The van der Waals surface area contributed by atoms with Crippen molar-refractivity contribution < 1.29 is 4.57 Å². The Morgan fingerprint density at radius 1 is 0.900 bits per heavy atom. The van der Waals surface area contributed by atoms with E-state index in [0.29, 0.717) is 0 Å². The summed E-state index contributed by atoms with van der Waals surface area (Å²) < 4.78 is 2.71. The van der Waals surface area contributed by atoms with E-state index in [9.17, 15) is 0 Å². The monoisotopic (exact) mass is 398 g/mol. The highest BCUT2D eigenvalue weighted by Crippen LogP contribution is 2.62. The van der Waals surface area contributed by atoms with Crippen LogP contribution in [0.2, 0.25) is 0 Å². The molecule has 1 aromatic heterocycles. The van der Waals surface area contributed by atoms with Gasteiger partial charge in [-0.2, -0.15) is 4.57 Å². The third-order valence-electron chi connectivity index (χ3n) is 8.79. The maximum atomic E-state index is 2.71. The highest BCUT2D eigenvalue weighted by atomic mass is 15.1. The molecule has 2 aliphatic rings. The molecule has 1 fully saturated rings. The molecule has 1 saturated carbocycles. The second kappa shape index (κ2) is 6.94. The molecule has 0 saturated heterocycles. The Labute approximate surface area is 182 Å². The third kappa shape index (κ3) is 2.33. The summed E-state index contributed by atoms with van der Waals surface area (Å²) >= 11 is 0. The standard InChI is InChI=1S/C29H36N/c1-6-9-11-22-12-10-13-24-23(22)14-17-30-27(24)25-18-20(4)21(5)19-26(25)28(7-2)15-16-29(28,30)8-3/h10,12-14,17-19H,6-9,11,15-16H2,1-5H3/q+1. The van der Waals surface area contributed by atoms with Crippen LogP contribution < -0.4 is 4.57 Å². The summed E-state index contributed by atoms with van der Waals surface area (Å²) in [6, 6.07) is 14.5. The van der Waals surface area contributed by atoms with E-state index in [4.69, 9.17) is 0 Å². The molecule has 1 aliphatic carbocycles. The molecular weight excluding hydrogens is 362 g/mol. The number of hydrogen-bond donors (Lipinski definition) is 0. The van der Waals surface area contributed by atoms with Crippen LogP contribution in [0.25, 0.3) is 22.0 Å². The Morgan fingerprint density at radius 2 is 1.70 bits per heavy atom. The van der Waals surface area contributed by atoms with Crippen LogP contribution in [0.5, 0.6) is 0 Å². The molecule has 0 amide bonds. The number of rotatable bonds is 5. The van der Waals surface area contributed by atoms with Crippen LogP contribution >= 0.6 is 0 Å². The molecular formula is C29H36N+. The minimum Gasteiger partial charge on any atom is -0.191 e. The predicted octanol–water partition coefficient (Wildman–Crippen LogP) is 7.31. The van der Waals surface area contributed by atoms with Gasteiger partial charge in [0.15, 0.2) is 11.7 Å². The van der Waals surface area contributed by atoms with Crippen molar-refractivity contribution in [3.8, 4) is 11.3 Å². The molecule has 2 unspecified atom stereocenters. The zero-order valence-electron chi connectivity index (χ0n) is 19.4. The van der Waals surface area contributed by atoms with Gasteiger partial charge in [0.2, 0.25) is 5.69 Å². The van der Waals surface area contributed by atoms with Gasteiger partial charge in [0.25, 0.3) is 0 Å². The third-order valence-corrected chi connectivity index (χ3v) is 8.79. The number of aryl methyl sites for hydroxylation is 3. The van der Waals surface area contributed by atoms with Crippen molar-refractivity contribution in [3.63, 3.8) is 0 Å². The fraction of sp³-hybridized carbons (Fsp3) is 0.483. The molecule has 2 heterocycles. The summed E-state index contributed by atoms with van der Waals surface area (Å²) in [5.74, 6) is 0. The first-order chi connectivity index (χ1) is 14.5. The van der Waals surface area contributed by atoms with Crippen LogP contribution in [0.4, 0.5) is 0 Å². The maximum Gasteiger partial charge on any atom is 0.221 e. The topological polar surface area (TPSA) is 3.88 Å². The highest BCUT2D eigenvalue weighted by molar-refractivity contribution is 5.96. The number of nitrogens with zero attached hydrogens (tertiary/aromatic N) is 1. The fourth-order valence-electron chi connectivity index (χ4n) is 6.83. The first kappa shape index (κ1) is 19.8. The number of unbranched alkanes of at least 4 members (excludes halogenated alkanes) is 1. The van der Waals surface area contributed by atoms with Crippen LogP contribution in [-0.4, -0.2) is 0 Å². The Kier molecular flexibility index (Phi) is 4.58. The molecule has 1 nitrogen and oxygen atoms in total. The molecule has 1 heteroatoms. The largest absolute Gasteiger partial charge is 0.221 e. The van der Waals surface area contributed by atoms with Crippen LogP contribution in [-0.2, 0) is 17.4 Å². The first-order valence-corrected chi connectivity index (χ1v) is 12.1. The lowest BCUT2D eigenvalue weighted by Crippen LogP contribution is -2.75. The molecule has 3 aromatic rings. The Bertz CT molecular complexity index is 1130. The number of pyridine rings is 1. The van der Waals surface area contributed by atoms with Gasteiger partial charge in [-0.05, 0) is 79.3 Å². The average molecular weight is 399 g/mol. The van der Waals surface area contributed by atoms with Gasteiger partial charge in [-0.3, -0.25) is 0 Å². The summed E-state index contributed by atoms with van der Waals surface area (Å²) in [4.78, 5) is 0. The predicted molar refractivity (Wildman–Crippen MR) is 127 cm³/mol. The summed E-state index contributed by atoms with van der Waals surface area (Å²) in [7, 11) is 0. The lowest BCUT2D eigenvalue weighted by molar-refractivity contribution is -0.782. The molecule has 2 aromatic carbocycles. The van der Waals surface area contributed by atoms with E-state index in [1.54, 1.807) is 5.56 Å². The molecule has 30 heavy (non-hydrogen) atoms. The molecule has 0 spiro atoms. The van der Waals surface area contributed by atoms with Crippen molar-refractivity contribution in [2.75, 3.05) is 0 Å². The minimum atomic E-state index is 0.222. The lowest BCUT2D eigenvalue weighted by atomic mass is 9.47. The summed E-state index contributed by atoms with van der Waals surface area (Å²) in [6.07, 6.45) is 11.2. The normalized spacial score (nSPS) is 24.2. The van der Waals surface area contributed by atoms with Gasteiger partial charge in [-0.15, -0.1) is 0 Å². The first-order valence-electron chi connectivity index (χ1n) is 12.1. The van der Waals surface area contributed by atoms with E-state index in [0.717, 1.165) is 0 Å². The van der Waals surface area contributed by atoms with Crippen molar-refractivity contribution in [1.82, 2.24) is 0 Å². The zero-order valence-corrected chi connectivity index (χ0v) is 19.4. The van der Waals surface area contributed by atoms with Crippen LogP contribution in [0.3, 0.4) is 0 Å². The van der Waals surface area contributed by atoms with Gasteiger partial charge in [0.1, 0.15) is 0 Å². The quantitative estimate of drug-likeness (QED) is 0.397. The summed E-state index contributed by atoms with van der Waals surface area (Å²) in [6.45, 7) is 11.7. The van der Waals surface area contributed by atoms with Crippen molar-refractivity contribution >= 4 is 10.8 Å². The van der Waals surface area contributed by atoms with Crippen molar-refractivity contribution in [1.29, 1.82) is 0 Å². The van der Waals surface area contributed by atoms with Crippen LogP contribution in [0, 0.1) is 13.8 Å². The highest BCUT2D eigenvalue weighted by Gasteiger charge is 2.68. The van der Waals surface area contributed by atoms with Gasteiger partial charge >= 0.3 is 0 Å². The second-order valence-electron chi connectivity index (χ2n) is 9.82. The molecule has 5 rings (SSSR count). The fourth-order valence-corrected chi connectivity index (χ4v) is 6.83. The minimum absolute atomic E-state index is 0.222. The van der Waals surface area contributed by atoms with Crippen LogP contribution in [0.15, 0.2) is 42.6 Å². The average Bonchev–Trinajstić information content (AvgIpc) is 2.74. The Hall–Kier alpha value is -2.15. The van der Waals surface area contributed by atoms with E-state index in [2.05, 4.69) is 81.8 Å². The zero-order chi connectivity index (χ0) is 21.1. The van der Waals surface area contributed by atoms with E-state index in [1.165, 1.54) is 83.7 Å². The molecule has 0 N–H and O–H groups in total. The summed E-state index contributed by atoms with van der Waals surface area (Å²) in [5, 5.41) is 2.90. The second-order valence-corrected chi connectivity index (χ2v) is 9.82. The van der Waals surface area contributed by atoms with E-state index < -0.39 is 0 Å². The number of benzene rings is 2. The van der Waals surface area contributed by atoms with E-state index >= 15 is 0 Å². The van der Waals surface area contributed by atoms with Gasteiger partial charge in [-0.1, -0.05) is 45.4 Å². The number of fused-ring (bicyclic) bond motifs is 8. The van der Waals surface area contributed by atoms with Crippen LogP contribution in [0.1, 0.15) is 81.5 Å². The van der Waals surface area contributed by atoms with E-state index in [1.807, 2.05) is 0 Å². The molecule has 0 radical (unpaired) electrons. The molecule has 156 valence electrons. The lowest BCUT2D eigenvalue weighted by Gasteiger charge is -2.58. The smallest absolute Gasteiger partial charge is 0.191 e. The Balaban J connectivity index is 1.88. The van der Waals surface area contributed by atoms with Gasteiger partial charge < -0.3 is 0 Å². The maximum absolute atomic E-state index is 2.71. The number of hydrogen-bond acceptors (Lipinski definition) is 0. The molecule has 2 atom stereocenters. The van der Waals surface area contributed by atoms with Gasteiger partial charge in [0, 0.05) is 18.9 Å². The Morgan fingerprint density at radius 3 is 2.37 bits per heavy atom. The summed E-state index contributed by atoms with van der Waals surface area (Å²) in [5.41, 5.74) is 9.43. The SMILES string of the molecule is CCCCc1cccc2c3[n+](ccc12)C1(CC)CCC1(CC)c1cc(C)c(C)cc1-3. The van der Waals surface area contributed by atoms with E-state index in [-0.39, 0.29) is 11.0 Å². The van der Waals surface area contributed by atoms with Crippen molar-refractivity contribution in [2.24, 2.45) is 0 Å². The van der Waals surface area contributed by atoms with Crippen molar-refractivity contribution in [3.05, 3.63) is 64.8 Å².